The van der Waals surface area contributed by atoms with Gasteiger partial charge in [-0.3, -0.25) is 0 Å². The average molecular weight is 468 g/mol. The van der Waals surface area contributed by atoms with Crippen LogP contribution in [-0.2, 0) is 12.7 Å². The van der Waals surface area contributed by atoms with E-state index >= 15 is 0 Å². The molecule has 0 aliphatic heterocycles. The third-order valence-corrected chi connectivity index (χ3v) is 5.61. The Morgan fingerprint density at radius 3 is 2.52 bits per heavy atom. The van der Waals surface area contributed by atoms with Crippen molar-refractivity contribution < 1.29 is 13.2 Å². The molecule has 5 rings (SSSR count). The van der Waals surface area contributed by atoms with Crippen molar-refractivity contribution in [2.45, 2.75) is 12.7 Å². The lowest BCUT2D eigenvalue weighted by atomic mass is 10.1. The van der Waals surface area contributed by atoms with E-state index in [9.17, 15) is 13.2 Å². The normalized spacial score (nSPS) is 11.9. The second kappa shape index (κ2) is 8.04. The molecule has 9 heteroatoms. The topological polar surface area (TPSA) is 46.3 Å². The molecule has 5 nitrogen and oxygen atoms in total. The van der Waals surface area contributed by atoms with Gasteiger partial charge in [0.25, 0.3) is 0 Å². The SMILES string of the molecule is CN(Cc1ccccc1)c1nc2c(-c3cccc(C(F)(F)F)c3)nnn2c2ccc(Cl)cc12. The Kier molecular flexibility index (Phi) is 5.17. The maximum absolute atomic E-state index is 13.3. The van der Waals surface area contributed by atoms with Gasteiger partial charge in [0.1, 0.15) is 11.5 Å². The second-order valence-electron chi connectivity index (χ2n) is 7.69. The Labute approximate surface area is 192 Å². The summed E-state index contributed by atoms with van der Waals surface area (Å²) in [5.41, 5.74) is 1.95. The molecular weight excluding hydrogens is 451 g/mol. The Hall–Kier alpha value is -3.65. The largest absolute Gasteiger partial charge is 0.416 e. The van der Waals surface area contributed by atoms with Gasteiger partial charge >= 0.3 is 6.18 Å². The summed E-state index contributed by atoms with van der Waals surface area (Å²) < 4.78 is 41.3. The molecule has 5 aromatic rings. The van der Waals surface area contributed by atoms with E-state index in [1.807, 2.05) is 42.3 Å². The lowest BCUT2D eigenvalue weighted by molar-refractivity contribution is -0.137. The van der Waals surface area contributed by atoms with Crippen LogP contribution in [-0.4, -0.2) is 26.9 Å². The first kappa shape index (κ1) is 21.2. The van der Waals surface area contributed by atoms with Crippen molar-refractivity contribution in [3.8, 4) is 11.3 Å². The summed E-state index contributed by atoms with van der Waals surface area (Å²) in [5, 5.41) is 9.66. The van der Waals surface area contributed by atoms with Crippen LogP contribution in [0.3, 0.4) is 0 Å². The fraction of sp³-hybridized carbons (Fsp3) is 0.125. The van der Waals surface area contributed by atoms with Crippen molar-refractivity contribution in [1.29, 1.82) is 0 Å². The van der Waals surface area contributed by atoms with Gasteiger partial charge in [-0.25, -0.2) is 4.98 Å². The maximum Gasteiger partial charge on any atom is 0.416 e. The number of nitrogens with zero attached hydrogens (tertiary/aromatic N) is 5. The number of hydrogen-bond donors (Lipinski definition) is 0. The molecule has 0 atom stereocenters. The van der Waals surface area contributed by atoms with Gasteiger partial charge in [0, 0.05) is 29.6 Å². The highest BCUT2D eigenvalue weighted by Crippen LogP contribution is 2.34. The second-order valence-corrected chi connectivity index (χ2v) is 8.13. The van der Waals surface area contributed by atoms with Gasteiger partial charge in [-0.15, -0.1) is 5.10 Å². The predicted octanol–water partition coefficient (Wildman–Crippen LogP) is 6.25. The molecule has 0 saturated heterocycles. The van der Waals surface area contributed by atoms with E-state index in [-0.39, 0.29) is 11.3 Å². The molecular formula is C24H17ClF3N5. The third kappa shape index (κ3) is 3.98. The molecule has 0 N–H and O–H groups in total. The lowest BCUT2D eigenvalue weighted by Crippen LogP contribution is -2.18. The molecule has 0 aliphatic rings. The molecule has 0 aliphatic carbocycles. The number of benzene rings is 3. The molecule has 0 amide bonds. The minimum atomic E-state index is -4.46. The minimum absolute atomic E-state index is 0.271. The smallest absolute Gasteiger partial charge is 0.355 e. The van der Waals surface area contributed by atoms with E-state index in [4.69, 9.17) is 16.6 Å². The van der Waals surface area contributed by atoms with Gasteiger partial charge in [0.2, 0.25) is 0 Å². The number of rotatable bonds is 4. The molecule has 0 saturated carbocycles. The van der Waals surface area contributed by atoms with E-state index in [2.05, 4.69) is 10.3 Å². The third-order valence-electron chi connectivity index (χ3n) is 5.37. The van der Waals surface area contributed by atoms with Gasteiger partial charge in [-0.1, -0.05) is 59.3 Å². The quantitative estimate of drug-likeness (QED) is 0.313. The van der Waals surface area contributed by atoms with Gasteiger partial charge in [0.15, 0.2) is 5.65 Å². The Morgan fingerprint density at radius 2 is 1.76 bits per heavy atom. The van der Waals surface area contributed by atoms with Crippen molar-refractivity contribution in [2.24, 2.45) is 0 Å². The van der Waals surface area contributed by atoms with E-state index in [0.29, 0.717) is 28.5 Å². The van der Waals surface area contributed by atoms with Gasteiger partial charge in [0.05, 0.1) is 11.1 Å². The summed E-state index contributed by atoms with van der Waals surface area (Å²) in [6.45, 7) is 0.575. The molecule has 33 heavy (non-hydrogen) atoms. The number of hydrogen-bond acceptors (Lipinski definition) is 4. The fourth-order valence-corrected chi connectivity index (χ4v) is 4.00. The first-order valence-corrected chi connectivity index (χ1v) is 10.5. The minimum Gasteiger partial charge on any atom is -0.355 e. The number of anilines is 1. The maximum atomic E-state index is 13.3. The average Bonchev–Trinajstić information content (AvgIpc) is 3.22. The van der Waals surface area contributed by atoms with E-state index in [0.717, 1.165) is 23.1 Å². The standard InChI is InChI=1S/C24H17ClF3N5/c1-32(14-15-6-3-2-4-7-15)22-19-13-18(25)10-11-20(19)33-23(29-22)21(30-31-33)16-8-5-9-17(12-16)24(26,27)28/h2-13H,14H2,1H3. The van der Waals surface area contributed by atoms with Gasteiger partial charge < -0.3 is 4.90 Å². The van der Waals surface area contributed by atoms with E-state index in [1.165, 1.54) is 10.6 Å². The first-order valence-electron chi connectivity index (χ1n) is 10.1. The molecule has 166 valence electrons. The van der Waals surface area contributed by atoms with Crippen LogP contribution in [0.2, 0.25) is 5.02 Å². The summed E-state index contributed by atoms with van der Waals surface area (Å²) in [7, 11) is 1.90. The summed E-state index contributed by atoms with van der Waals surface area (Å²) in [4.78, 5) is 6.76. The molecule has 2 aromatic heterocycles. The lowest BCUT2D eigenvalue weighted by Gasteiger charge is -2.20. The number of alkyl halides is 3. The molecule has 0 unspecified atom stereocenters. The number of fused-ring (bicyclic) bond motifs is 3. The van der Waals surface area contributed by atoms with Crippen molar-refractivity contribution >= 4 is 34.0 Å². The van der Waals surface area contributed by atoms with Crippen LogP contribution < -0.4 is 4.90 Å². The highest BCUT2D eigenvalue weighted by molar-refractivity contribution is 6.31. The zero-order valence-electron chi connectivity index (χ0n) is 17.4. The Morgan fingerprint density at radius 1 is 0.970 bits per heavy atom. The highest BCUT2D eigenvalue weighted by atomic mass is 35.5. The zero-order valence-corrected chi connectivity index (χ0v) is 18.1. The monoisotopic (exact) mass is 467 g/mol. The highest BCUT2D eigenvalue weighted by Gasteiger charge is 2.31. The Bertz CT molecular complexity index is 1460. The summed E-state index contributed by atoms with van der Waals surface area (Å²) in [6.07, 6.45) is -4.46. The van der Waals surface area contributed by atoms with Crippen LogP contribution in [0, 0.1) is 0 Å². The van der Waals surface area contributed by atoms with E-state index in [1.54, 1.807) is 24.3 Å². The van der Waals surface area contributed by atoms with Crippen molar-refractivity contribution in [2.75, 3.05) is 11.9 Å². The number of aromatic nitrogens is 4. The van der Waals surface area contributed by atoms with E-state index < -0.39 is 11.7 Å². The molecule has 0 radical (unpaired) electrons. The molecule has 0 spiro atoms. The van der Waals surface area contributed by atoms with Crippen LogP contribution in [0.4, 0.5) is 19.0 Å². The zero-order chi connectivity index (χ0) is 23.2. The molecule has 2 heterocycles. The van der Waals surface area contributed by atoms with Crippen molar-refractivity contribution in [3.05, 3.63) is 88.9 Å². The van der Waals surface area contributed by atoms with Crippen LogP contribution >= 0.6 is 11.6 Å². The number of halogens is 4. The van der Waals surface area contributed by atoms with Crippen LogP contribution in [0.1, 0.15) is 11.1 Å². The van der Waals surface area contributed by atoms with Crippen LogP contribution in [0.25, 0.3) is 27.8 Å². The predicted molar refractivity (Wildman–Crippen MR) is 122 cm³/mol. The Balaban J connectivity index is 1.71. The van der Waals surface area contributed by atoms with Crippen LogP contribution in [0.15, 0.2) is 72.8 Å². The first-order chi connectivity index (χ1) is 15.8. The van der Waals surface area contributed by atoms with Gasteiger partial charge in [-0.05, 0) is 35.9 Å². The van der Waals surface area contributed by atoms with Crippen molar-refractivity contribution in [3.63, 3.8) is 0 Å². The molecule has 0 fully saturated rings. The fourth-order valence-electron chi connectivity index (χ4n) is 3.82. The summed E-state index contributed by atoms with van der Waals surface area (Å²) in [5.74, 6) is 0.624. The van der Waals surface area contributed by atoms with Gasteiger partial charge in [-0.2, -0.15) is 17.7 Å². The summed E-state index contributed by atoms with van der Waals surface area (Å²) >= 11 is 6.27. The van der Waals surface area contributed by atoms with Crippen LogP contribution in [0.5, 0.6) is 0 Å². The molecule has 0 bridgehead atoms. The summed E-state index contributed by atoms with van der Waals surface area (Å²) in [6, 6.07) is 20.2. The molecule has 3 aromatic carbocycles. The van der Waals surface area contributed by atoms with Crippen molar-refractivity contribution in [1.82, 2.24) is 19.8 Å².